The van der Waals surface area contributed by atoms with Crippen LogP contribution in [0.4, 0.5) is 17.1 Å². The Bertz CT molecular complexity index is 3170. The van der Waals surface area contributed by atoms with Crippen LogP contribution in [0, 0.1) is 0 Å². The second kappa shape index (κ2) is 14.1. The molecule has 10 aromatic rings. The summed E-state index contributed by atoms with van der Waals surface area (Å²) in [6.07, 6.45) is 0. The quantitative estimate of drug-likeness (QED) is 0.156. The topological polar surface area (TPSA) is 3.24 Å². The molecule has 9 aromatic carbocycles. The number of nitrogens with zero attached hydrogens (tertiary/aromatic N) is 1. The van der Waals surface area contributed by atoms with Gasteiger partial charge in [-0.15, -0.1) is 11.3 Å². The second-order valence-electron chi connectivity index (χ2n) is 16.1. The van der Waals surface area contributed by atoms with E-state index < -0.39 is 0 Å². The van der Waals surface area contributed by atoms with Crippen molar-refractivity contribution in [3.63, 3.8) is 0 Å². The number of thiophene rings is 1. The van der Waals surface area contributed by atoms with Gasteiger partial charge in [0.25, 0.3) is 0 Å². The normalized spacial score (nSPS) is 12.7. The monoisotopic (exact) mass is 771 g/mol. The first kappa shape index (κ1) is 35.2. The average Bonchev–Trinajstić information content (AvgIpc) is 3.78. The minimum Gasteiger partial charge on any atom is -0.310 e. The fourth-order valence-corrected chi connectivity index (χ4v) is 10.5. The summed E-state index contributed by atoms with van der Waals surface area (Å²) in [7, 11) is 0. The van der Waals surface area contributed by atoms with Crippen molar-refractivity contribution >= 4 is 48.6 Å². The van der Waals surface area contributed by atoms with Crippen molar-refractivity contribution < 1.29 is 0 Å². The maximum absolute atomic E-state index is 2.47. The summed E-state index contributed by atoms with van der Waals surface area (Å²) in [5.74, 6) is 0. The molecular weight excluding hydrogens is 731 g/mol. The molecule has 1 aromatic heterocycles. The predicted octanol–water partition coefficient (Wildman–Crippen LogP) is 16.5. The van der Waals surface area contributed by atoms with Gasteiger partial charge in [-0.1, -0.05) is 178 Å². The highest BCUT2D eigenvalue weighted by molar-refractivity contribution is 7.25. The van der Waals surface area contributed by atoms with E-state index >= 15 is 0 Å². The molecule has 0 saturated carbocycles. The first-order valence-electron chi connectivity index (χ1n) is 20.4. The molecule has 0 unspecified atom stereocenters. The Hall–Kier alpha value is -7.00. The van der Waals surface area contributed by atoms with Gasteiger partial charge in [0.15, 0.2) is 0 Å². The van der Waals surface area contributed by atoms with Crippen molar-refractivity contribution in [2.24, 2.45) is 0 Å². The fraction of sp³-hybridized carbons (Fsp3) is 0.0526. The Morgan fingerprint density at radius 3 is 1.71 bits per heavy atom. The van der Waals surface area contributed by atoms with E-state index in [4.69, 9.17) is 0 Å². The number of benzene rings is 9. The SMILES string of the molecule is CC1(C)c2ccccc2-c2ccc(-c3ccc(N(c4ccc5sc6ccccc6c5c4)c4cccc(-c5ccccc5)c4-c4ccccc4-c4ccccc4)cc3)cc21. The molecule has 2 heteroatoms. The zero-order valence-corrected chi connectivity index (χ0v) is 33.9. The molecule has 0 N–H and O–H groups in total. The fourth-order valence-electron chi connectivity index (χ4n) is 9.41. The predicted molar refractivity (Wildman–Crippen MR) is 253 cm³/mol. The van der Waals surface area contributed by atoms with Crippen LogP contribution in [0.25, 0.3) is 75.8 Å². The van der Waals surface area contributed by atoms with Gasteiger partial charge in [-0.3, -0.25) is 0 Å². The number of anilines is 3. The van der Waals surface area contributed by atoms with Crippen molar-refractivity contribution in [1.82, 2.24) is 0 Å². The van der Waals surface area contributed by atoms with Crippen molar-refractivity contribution in [2.75, 3.05) is 4.90 Å². The Balaban J connectivity index is 1.13. The highest BCUT2D eigenvalue weighted by Gasteiger charge is 2.35. The molecule has 1 aliphatic carbocycles. The minimum atomic E-state index is -0.0562. The molecular formula is C57H41NS. The van der Waals surface area contributed by atoms with Gasteiger partial charge in [0, 0.05) is 42.5 Å². The molecule has 59 heavy (non-hydrogen) atoms. The summed E-state index contributed by atoms with van der Waals surface area (Å²) in [5.41, 5.74) is 18.4. The summed E-state index contributed by atoms with van der Waals surface area (Å²) in [6.45, 7) is 4.71. The zero-order chi connectivity index (χ0) is 39.5. The lowest BCUT2D eigenvalue weighted by atomic mass is 9.81. The van der Waals surface area contributed by atoms with Gasteiger partial charge in [-0.25, -0.2) is 0 Å². The van der Waals surface area contributed by atoms with E-state index in [1.165, 1.54) is 86.9 Å². The van der Waals surface area contributed by atoms with Crippen molar-refractivity contribution in [1.29, 1.82) is 0 Å². The Morgan fingerprint density at radius 1 is 0.356 bits per heavy atom. The van der Waals surface area contributed by atoms with Gasteiger partial charge in [0.1, 0.15) is 0 Å². The summed E-state index contributed by atoms with van der Waals surface area (Å²) < 4.78 is 2.60. The first-order chi connectivity index (χ1) is 29.0. The molecule has 0 spiro atoms. The zero-order valence-electron chi connectivity index (χ0n) is 33.1. The Kier molecular flexibility index (Phi) is 8.43. The van der Waals surface area contributed by atoms with Crippen molar-refractivity contribution in [3.05, 3.63) is 223 Å². The summed E-state index contributed by atoms with van der Waals surface area (Å²) in [5, 5.41) is 2.57. The maximum atomic E-state index is 2.47. The van der Waals surface area contributed by atoms with Crippen molar-refractivity contribution in [3.8, 4) is 55.6 Å². The average molecular weight is 772 g/mol. The second-order valence-corrected chi connectivity index (χ2v) is 17.2. The molecule has 11 rings (SSSR count). The smallest absolute Gasteiger partial charge is 0.0546 e. The largest absolute Gasteiger partial charge is 0.310 e. The minimum absolute atomic E-state index is 0.0562. The summed E-state index contributed by atoms with van der Waals surface area (Å²) in [4.78, 5) is 2.47. The molecule has 1 nitrogen and oxygen atoms in total. The Labute approximate surface area is 350 Å². The number of hydrogen-bond acceptors (Lipinski definition) is 2. The van der Waals surface area contributed by atoms with Crippen LogP contribution in [-0.4, -0.2) is 0 Å². The molecule has 1 aliphatic rings. The van der Waals surface area contributed by atoms with E-state index in [9.17, 15) is 0 Å². The van der Waals surface area contributed by atoms with E-state index in [0.29, 0.717) is 0 Å². The lowest BCUT2D eigenvalue weighted by Gasteiger charge is -2.30. The molecule has 1 heterocycles. The van der Waals surface area contributed by atoms with Crippen molar-refractivity contribution in [2.45, 2.75) is 19.3 Å². The molecule has 0 fully saturated rings. The van der Waals surface area contributed by atoms with Crippen LogP contribution in [0.3, 0.4) is 0 Å². The summed E-state index contributed by atoms with van der Waals surface area (Å²) in [6, 6.07) is 78.2. The standard InChI is InChI=1S/C57H41NS/c1-57(2)51-25-13-11-21-46(51)47-34-30-41(36-52(47)57)38-28-31-42(32-29-38)58(43-33-35-55-50(37-43)48-22-12-14-27-54(48)59-55)53-26-15-24-45(40-18-7-4-8-19-40)56(53)49-23-10-9-20-44(49)39-16-5-3-6-17-39/h3-37H,1-2H3. The third kappa shape index (κ3) is 5.91. The first-order valence-corrected chi connectivity index (χ1v) is 21.2. The molecule has 0 saturated heterocycles. The van der Waals surface area contributed by atoms with E-state index in [1.54, 1.807) is 0 Å². The van der Waals surface area contributed by atoms with Gasteiger partial charge in [-0.2, -0.15) is 0 Å². The van der Waals surface area contributed by atoms with Crippen LogP contribution in [0.15, 0.2) is 212 Å². The van der Waals surface area contributed by atoms with Crippen LogP contribution >= 0.6 is 11.3 Å². The van der Waals surface area contributed by atoms with Gasteiger partial charge in [-0.05, 0) is 110 Å². The van der Waals surface area contributed by atoms with Gasteiger partial charge in [0.2, 0.25) is 0 Å². The van der Waals surface area contributed by atoms with E-state index in [2.05, 4.69) is 231 Å². The number of hydrogen-bond donors (Lipinski definition) is 0. The molecule has 0 amide bonds. The number of fused-ring (bicyclic) bond motifs is 6. The van der Waals surface area contributed by atoms with Gasteiger partial charge < -0.3 is 4.90 Å². The van der Waals surface area contributed by atoms with E-state index in [1.807, 2.05) is 11.3 Å². The molecule has 0 radical (unpaired) electrons. The lowest BCUT2D eigenvalue weighted by molar-refractivity contribution is 0.660. The third-order valence-corrected chi connectivity index (χ3v) is 13.5. The molecule has 0 bridgehead atoms. The summed E-state index contributed by atoms with van der Waals surface area (Å²) >= 11 is 1.86. The molecule has 280 valence electrons. The van der Waals surface area contributed by atoms with E-state index in [-0.39, 0.29) is 5.41 Å². The van der Waals surface area contributed by atoms with E-state index in [0.717, 1.165) is 17.1 Å². The Morgan fingerprint density at radius 2 is 0.932 bits per heavy atom. The van der Waals surface area contributed by atoms with Crippen LogP contribution < -0.4 is 4.90 Å². The van der Waals surface area contributed by atoms with Crippen LogP contribution in [0.2, 0.25) is 0 Å². The molecule has 0 aliphatic heterocycles. The van der Waals surface area contributed by atoms with Crippen LogP contribution in [0.1, 0.15) is 25.0 Å². The number of rotatable bonds is 7. The van der Waals surface area contributed by atoms with Gasteiger partial charge >= 0.3 is 0 Å². The molecule has 0 atom stereocenters. The highest BCUT2D eigenvalue weighted by Crippen LogP contribution is 2.51. The highest BCUT2D eigenvalue weighted by atomic mass is 32.1. The van der Waals surface area contributed by atoms with Crippen LogP contribution in [0.5, 0.6) is 0 Å². The lowest BCUT2D eigenvalue weighted by Crippen LogP contribution is -2.14. The van der Waals surface area contributed by atoms with Gasteiger partial charge in [0.05, 0.1) is 5.69 Å². The maximum Gasteiger partial charge on any atom is 0.0546 e. The third-order valence-electron chi connectivity index (χ3n) is 12.3. The van der Waals surface area contributed by atoms with Crippen LogP contribution in [-0.2, 0) is 5.41 Å².